The number of fused-ring (bicyclic) bond motifs is 1. The van der Waals surface area contributed by atoms with Crippen LogP contribution in [-0.2, 0) is 4.79 Å². The molecule has 2 N–H and O–H groups in total. The van der Waals surface area contributed by atoms with Crippen molar-refractivity contribution in [2.75, 3.05) is 0 Å². The van der Waals surface area contributed by atoms with Crippen molar-refractivity contribution < 1.29 is 19.4 Å². The third kappa shape index (κ3) is 5.85. The number of ether oxygens (including phenoxy) is 1. The topological polar surface area (TPSA) is 80.6 Å². The summed E-state index contributed by atoms with van der Waals surface area (Å²) in [5.41, 5.74) is 7.24. The molecule has 6 nitrogen and oxygen atoms in total. The van der Waals surface area contributed by atoms with Gasteiger partial charge in [0.1, 0.15) is 5.75 Å². The molecule has 6 heteroatoms. The number of nitrogens with zero attached hydrogens (tertiary/aromatic N) is 1. The number of hydrogen-bond acceptors (Lipinski definition) is 3. The van der Waals surface area contributed by atoms with Gasteiger partial charge in [-0.3, -0.25) is 4.79 Å². The molecule has 0 fully saturated rings. The van der Waals surface area contributed by atoms with Crippen LogP contribution in [0.5, 0.6) is 5.75 Å². The van der Waals surface area contributed by atoms with Crippen molar-refractivity contribution in [3.63, 3.8) is 0 Å². The number of carboxylic acid groups (broad SMARTS) is 1. The average molecular weight is 527 g/mol. The fourth-order valence-electron chi connectivity index (χ4n) is 5.05. The maximum Gasteiger partial charge on any atom is 0.344 e. The van der Waals surface area contributed by atoms with Gasteiger partial charge in [0.2, 0.25) is 0 Å². The van der Waals surface area contributed by atoms with Gasteiger partial charge in [0.05, 0.1) is 12.1 Å². The molecule has 0 bridgehead atoms. The maximum atomic E-state index is 13.2. The van der Waals surface area contributed by atoms with Crippen LogP contribution in [0.4, 0.5) is 0 Å². The minimum absolute atomic E-state index is 0.0298. The number of amides is 1. The molecule has 3 aromatic carbocycles. The Morgan fingerprint density at radius 3 is 2.21 bits per heavy atom. The zero-order chi connectivity index (χ0) is 28.4. The van der Waals surface area contributed by atoms with Crippen LogP contribution >= 0.6 is 0 Å². The monoisotopic (exact) mass is 526 g/mol. The second-order valence-corrected chi connectivity index (χ2v) is 10.7. The lowest BCUT2D eigenvalue weighted by Gasteiger charge is -2.20. The summed E-state index contributed by atoms with van der Waals surface area (Å²) in [5, 5.41) is 13.4. The van der Waals surface area contributed by atoms with Crippen molar-refractivity contribution in [2.24, 2.45) is 0 Å². The summed E-state index contributed by atoms with van der Waals surface area (Å²) < 4.78 is 7.85. The second-order valence-electron chi connectivity index (χ2n) is 10.7. The molecular weight excluding hydrogens is 488 g/mol. The Hall–Kier alpha value is -4.06. The fourth-order valence-corrected chi connectivity index (χ4v) is 5.05. The number of rotatable bonds is 9. The van der Waals surface area contributed by atoms with Gasteiger partial charge in [-0.05, 0) is 93.1 Å². The van der Waals surface area contributed by atoms with E-state index in [1.54, 1.807) is 6.07 Å². The molecule has 1 heterocycles. The van der Waals surface area contributed by atoms with E-state index in [0.717, 1.165) is 33.3 Å². The number of nitrogens with one attached hydrogen (secondary N) is 1. The first-order chi connectivity index (χ1) is 18.5. The summed E-state index contributed by atoms with van der Waals surface area (Å²) in [7, 11) is 0. The third-order valence-electron chi connectivity index (χ3n) is 7.64. The summed E-state index contributed by atoms with van der Waals surface area (Å²) >= 11 is 0. The Bertz CT molecular complexity index is 1520. The molecule has 4 aromatic rings. The normalized spacial score (nSPS) is 13.7. The SMILES string of the molecule is Cc1c(C)n(C(C)c2cccc(O[C@@H](C)C(=O)O)c2)c2ccc(C(=O)N[C@@H](C)c3cccc(C(C)C)c3)cc12. The van der Waals surface area contributed by atoms with Gasteiger partial charge in [-0.25, -0.2) is 4.79 Å². The molecular formula is C33H38N2O4. The van der Waals surface area contributed by atoms with Crippen LogP contribution in [0.15, 0.2) is 66.7 Å². The molecule has 0 spiro atoms. The van der Waals surface area contributed by atoms with E-state index in [-0.39, 0.29) is 18.0 Å². The second kappa shape index (κ2) is 11.4. The van der Waals surface area contributed by atoms with Crippen molar-refractivity contribution >= 4 is 22.8 Å². The Kier molecular flexibility index (Phi) is 8.14. The van der Waals surface area contributed by atoms with Gasteiger partial charge < -0.3 is 19.7 Å². The predicted octanol–water partition coefficient (Wildman–Crippen LogP) is 7.33. The highest BCUT2D eigenvalue weighted by Crippen LogP contribution is 2.33. The fraction of sp³-hybridized carbons (Fsp3) is 0.333. The Morgan fingerprint density at radius 2 is 1.51 bits per heavy atom. The number of aryl methyl sites for hydroxylation is 1. The van der Waals surface area contributed by atoms with Crippen molar-refractivity contribution in [3.8, 4) is 5.75 Å². The van der Waals surface area contributed by atoms with Crippen molar-refractivity contribution in [2.45, 2.75) is 72.6 Å². The van der Waals surface area contributed by atoms with Crippen molar-refractivity contribution in [1.82, 2.24) is 9.88 Å². The molecule has 204 valence electrons. The van der Waals surface area contributed by atoms with E-state index in [0.29, 0.717) is 17.2 Å². The van der Waals surface area contributed by atoms with E-state index in [2.05, 4.69) is 62.7 Å². The van der Waals surface area contributed by atoms with E-state index in [4.69, 9.17) is 4.74 Å². The largest absolute Gasteiger partial charge is 0.479 e. The summed E-state index contributed by atoms with van der Waals surface area (Å²) in [6.45, 7) is 14.1. The van der Waals surface area contributed by atoms with Gasteiger partial charge in [-0.2, -0.15) is 0 Å². The van der Waals surface area contributed by atoms with E-state index < -0.39 is 12.1 Å². The van der Waals surface area contributed by atoms with Crippen LogP contribution in [0.1, 0.15) is 90.9 Å². The number of hydrogen-bond donors (Lipinski definition) is 2. The third-order valence-corrected chi connectivity index (χ3v) is 7.64. The molecule has 0 saturated heterocycles. The number of aromatic nitrogens is 1. The van der Waals surface area contributed by atoms with Crippen LogP contribution < -0.4 is 10.1 Å². The number of carbonyl (C=O) groups excluding carboxylic acids is 1. The molecule has 0 aliphatic heterocycles. The first kappa shape index (κ1) is 28.0. The molecule has 1 aromatic heterocycles. The van der Waals surface area contributed by atoms with Crippen LogP contribution in [0.2, 0.25) is 0 Å². The van der Waals surface area contributed by atoms with E-state index >= 15 is 0 Å². The van der Waals surface area contributed by atoms with Crippen molar-refractivity contribution in [3.05, 3.63) is 100 Å². The minimum Gasteiger partial charge on any atom is -0.479 e. The van der Waals surface area contributed by atoms with Gasteiger partial charge in [0.25, 0.3) is 5.91 Å². The standard InChI is InChI=1S/C33H38N2O4/c1-19(2)25-10-8-11-26(16-25)21(4)34-32(36)28-14-15-31-30(18-28)20(3)22(5)35(31)23(6)27-12-9-13-29(17-27)39-24(7)33(37)38/h8-19,21,23-24H,1-7H3,(H,34,36)(H,37,38)/t21-,23?,24-/m0/s1. The maximum absolute atomic E-state index is 13.2. The molecule has 0 saturated carbocycles. The van der Waals surface area contributed by atoms with E-state index in [9.17, 15) is 14.7 Å². The van der Waals surface area contributed by atoms with Gasteiger partial charge in [0.15, 0.2) is 6.10 Å². The molecule has 1 amide bonds. The first-order valence-corrected chi connectivity index (χ1v) is 13.5. The molecule has 0 aliphatic rings. The molecule has 39 heavy (non-hydrogen) atoms. The smallest absolute Gasteiger partial charge is 0.344 e. The van der Waals surface area contributed by atoms with Gasteiger partial charge in [-0.15, -0.1) is 0 Å². The molecule has 1 unspecified atom stereocenters. The highest BCUT2D eigenvalue weighted by Gasteiger charge is 2.20. The average Bonchev–Trinajstić information content (AvgIpc) is 3.17. The van der Waals surface area contributed by atoms with Crippen LogP contribution in [0.3, 0.4) is 0 Å². The zero-order valence-electron chi connectivity index (χ0n) is 23.8. The lowest BCUT2D eigenvalue weighted by Crippen LogP contribution is -2.26. The van der Waals surface area contributed by atoms with Crippen LogP contribution in [-0.4, -0.2) is 27.7 Å². The Balaban J connectivity index is 1.60. The van der Waals surface area contributed by atoms with Gasteiger partial charge in [-0.1, -0.05) is 50.2 Å². The lowest BCUT2D eigenvalue weighted by atomic mass is 9.98. The zero-order valence-corrected chi connectivity index (χ0v) is 23.8. The van der Waals surface area contributed by atoms with Gasteiger partial charge >= 0.3 is 5.97 Å². The quantitative estimate of drug-likeness (QED) is 0.239. The number of carboxylic acids is 1. The first-order valence-electron chi connectivity index (χ1n) is 13.5. The molecule has 0 radical (unpaired) electrons. The molecule has 4 rings (SSSR count). The molecule has 3 atom stereocenters. The highest BCUT2D eigenvalue weighted by molar-refractivity contribution is 5.99. The summed E-state index contributed by atoms with van der Waals surface area (Å²) in [4.78, 5) is 24.5. The lowest BCUT2D eigenvalue weighted by molar-refractivity contribution is -0.144. The predicted molar refractivity (Wildman–Crippen MR) is 156 cm³/mol. The van der Waals surface area contributed by atoms with E-state index in [1.807, 2.05) is 49.4 Å². The number of benzene rings is 3. The van der Waals surface area contributed by atoms with Crippen LogP contribution in [0.25, 0.3) is 10.9 Å². The van der Waals surface area contributed by atoms with Crippen LogP contribution in [0, 0.1) is 13.8 Å². The van der Waals surface area contributed by atoms with E-state index in [1.165, 1.54) is 12.5 Å². The Labute approximate surface area is 230 Å². The summed E-state index contributed by atoms with van der Waals surface area (Å²) in [5.74, 6) is -0.160. The summed E-state index contributed by atoms with van der Waals surface area (Å²) in [6.07, 6.45) is -0.932. The Morgan fingerprint density at radius 1 is 0.846 bits per heavy atom. The van der Waals surface area contributed by atoms with Crippen molar-refractivity contribution in [1.29, 1.82) is 0 Å². The number of carbonyl (C=O) groups is 2. The minimum atomic E-state index is -1.00. The van der Waals surface area contributed by atoms with Gasteiger partial charge in [0, 0.05) is 22.2 Å². The summed E-state index contributed by atoms with van der Waals surface area (Å²) in [6, 6.07) is 21.7. The molecule has 0 aliphatic carbocycles. The number of aliphatic carboxylic acids is 1. The highest BCUT2D eigenvalue weighted by atomic mass is 16.5.